The Hall–Kier alpha value is -1.31. The first-order valence-electron chi connectivity index (χ1n) is 6.60. The monoisotopic (exact) mass is 341 g/mol. The van der Waals surface area contributed by atoms with E-state index in [1.54, 1.807) is 11.8 Å². The molecule has 0 fully saturated rings. The molecule has 0 aromatic heterocycles. The average molecular weight is 341 g/mol. The minimum atomic E-state index is -2.19. The number of oxime groups is 1. The lowest BCUT2D eigenvalue weighted by Gasteiger charge is -2.09. The molecule has 0 heterocycles. The van der Waals surface area contributed by atoms with Gasteiger partial charge in [0.05, 0.1) is 5.56 Å². The van der Waals surface area contributed by atoms with Crippen molar-refractivity contribution in [2.45, 2.75) is 38.0 Å². The van der Waals surface area contributed by atoms with E-state index in [2.05, 4.69) is 9.99 Å². The highest BCUT2D eigenvalue weighted by Crippen LogP contribution is 2.23. The molecular weight excluding hydrogens is 325 g/mol. The minimum Gasteiger partial charge on any atom is -0.391 e. The SMILES string of the molecule is CCCC(C/C=N/OCc1c(F)c(F)c(F)c(F)c1F)SC. The molecule has 0 aliphatic heterocycles. The minimum absolute atomic E-state index is 0.339. The molecule has 0 spiro atoms. The number of rotatable bonds is 8. The number of benzene rings is 1. The quantitative estimate of drug-likeness (QED) is 0.223. The van der Waals surface area contributed by atoms with Gasteiger partial charge in [-0.25, -0.2) is 22.0 Å². The summed E-state index contributed by atoms with van der Waals surface area (Å²) in [4.78, 5) is 4.63. The van der Waals surface area contributed by atoms with E-state index in [1.165, 1.54) is 6.21 Å². The third-order valence-corrected chi connectivity index (χ3v) is 4.07. The molecule has 1 aromatic carbocycles. The van der Waals surface area contributed by atoms with E-state index in [1.807, 2.05) is 13.2 Å². The molecule has 0 radical (unpaired) electrons. The summed E-state index contributed by atoms with van der Waals surface area (Å²) < 4.78 is 65.4. The van der Waals surface area contributed by atoms with Crippen molar-refractivity contribution in [3.8, 4) is 0 Å². The van der Waals surface area contributed by atoms with Crippen LogP contribution in [-0.2, 0) is 11.4 Å². The van der Waals surface area contributed by atoms with E-state index in [-0.39, 0.29) is 0 Å². The summed E-state index contributed by atoms with van der Waals surface area (Å²) in [5.41, 5.74) is -1.04. The molecule has 0 aliphatic rings. The van der Waals surface area contributed by atoms with Crippen LogP contribution in [0.1, 0.15) is 31.7 Å². The number of thioether (sulfide) groups is 1. The van der Waals surface area contributed by atoms with Crippen molar-refractivity contribution >= 4 is 18.0 Å². The standard InChI is InChI=1S/C14H16F5NOS/c1-3-4-8(22-2)5-6-20-21-7-9-10(15)12(17)14(19)13(18)11(9)16/h6,8H,3-5,7H2,1-2H3/b20-6+. The predicted molar refractivity (Wildman–Crippen MR) is 76.3 cm³/mol. The number of hydrogen-bond acceptors (Lipinski definition) is 3. The summed E-state index contributed by atoms with van der Waals surface area (Å²) in [5, 5.41) is 3.83. The zero-order valence-electron chi connectivity index (χ0n) is 12.1. The molecule has 124 valence electrons. The van der Waals surface area contributed by atoms with Gasteiger partial charge >= 0.3 is 0 Å². The van der Waals surface area contributed by atoms with Crippen LogP contribution in [0.25, 0.3) is 0 Å². The van der Waals surface area contributed by atoms with Gasteiger partial charge in [-0.3, -0.25) is 0 Å². The molecular formula is C14H16F5NOS. The van der Waals surface area contributed by atoms with Crippen molar-refractivity contribution in [1.29, 1.82) is 0 Å². The van der Waals surface area contributed by atoms with E-state index >= 15 is 0 Å². The molecule has 0 saturated heterocycles. The molecule has 1 rings (SSSR count). The lowest BCUT2D eigenvalue weighted by atomic mass is 10.2. The molecule has 0 saturated carbocycles. The Morgan fingerprint density at radius 3 is 2.09 bits per heavy atom. The van der Waals surface area contributed by atoms with E-state index in [0.29, 0.717) is 11.7 Å². The van der Waals surface area contributed by atoms with Crippen molar-refractivity contribution in [2.24, 2.45) is 5.16 Å². The second-order valence-corrected chi connectivity index (χ2v) is 5.63. The molecule has 0 N–H and O–H groups in total. The Morgan fingerprint density at radius 1 is 1.05 bits per heavy atom. The molecule has 1 unspecified atom stereocenters. The molecule has 8 heteroatoms. The highest BCUT2D eigenvalue weighted by molar-refractivity contribution is 7.99. The fraction of sp³-hybridized carbons (Fsp3) is 0.500. The van der Waals surface area contributed by atoms with Crippen molar-refractivity contribution in [1.82, 2.24) is 0 Å². The molecule has 22 heavy (non-hydrogen) atoms. The summed E-state index contributed by atoms with van der Waals surface area (Å²) >= 11 is 1.65. The summed E-state index contributed by atoms with van der Waals surface area (Å²) in [5.74, 6) is -9.98. The second-order valence-electron chi connectivity index (χ2n) is 4.49. The zero-order chi connectivity index (χ0) is 16.7. The predicted octanol–water partition coefficient (Wildman–Crippen LogP) is 4.81. The highest BCUT2D eigenvalue weighted by Gasteiger charge is 2.25. The molecule has 1 atom stereocenters. The van der Waals surface area contributed by atoms with Crippen LogP contribution in [0.3, 0.4) is 0 Å². The number of halogens is 5. The van der Waals surface area contributed by atoms with Crippen molar-refractivity contribution in [2.75, 3.05) is 6.26 Å². The Labute approximate surface area is 129 Å². The van der Waals surface area contributed by atoms with Gasteiger partial charge in [-0.05, 0) is 19.1 Å². The smallest absolute Gasteiger partial charge is 0.200 e. The Balaban J connectivity index is 2.66. The van der Waals surface area contributed by atoms with Gasteiger partial charge in [-0.1, -0.05) is 18.5 Å². The normalized spacial score (nSPS) is 12.9. The molecule has 1 aromatic rings. The Bertz CT molecular complexity index is 509. The lowest BCUT2D eigenvalue weighted by molar-refractivity contribution is 0.124. The van der Waals surface area contributed by atoms with Crippen LogP contribution in [0.5, 0.6) is 0 Å². The van der Waals surface area contributed by atoms with Gasteiger partial charge < -0.3 is 4.84 Å². The summed E-state index contributed by atoms with van der Waals surface area (Å²) in [7, 11) is 0. The molecule has 0 bridgehead atoms. The summed E-state index contributed by atoms with van der Waals surface area (Å²) in [6, 6.07) is 0. The van der Waals surface area contributed by atoms with Crippen LogP contribution in [0.4, 0.5) is 22.0 Å². The van der Waals surface area contributed by atoms with Crippen LogP contribution in [0.2, 0.25) is 0 Å². The first-order chi connectivity index (χ1) is 10.4. The fourth-order valence-corrected chi connectivity index (χ4v) is 2.50. The summed E-state index contributed by atoms with van der Waals surface area (Å²) in [6.45, 7) is 1.21. The summed E-state index contributed by atoms with van der Waals surface area (Å²) in [6.07, 6.45) is 5.94. The maximum atomic E-state index is 13.3. The first-order valence-corrected chi connectivity index (χ1v) is 7.89. The van der Waals surface area contributed by atoms with E-state index < -0.39 is 41.3 Å². The topological polar surface area (TPSA) is 21.6 Å². The Morgan fingerprint density at radius 2 is 1.59 bits per heavy atom. The first kappa shape index (κ1) is 18.7. The van der Waals surface area contributed by atoms with Crippen LogP contribution in [0.15, 0.2) is 5.16 Å². The van der Waals surface area contributed by atoms with Crippen molar-refractivity contribution in [3.63, 3.8) is 0 Å². The van der Waals surface area contributed by atoms with Gasteiger partial charge in [-0.15, -0.1) is 0 Å². The highest BCUT2D eigenvalue weighted by atomic mass is 32.2. The van der Waals surface area contributed by atoms with Crippen LogP contribution >= 0.6 is 11.8 Å². The third kappa shape index (κ3) is 4.59. The zero-order valence-corrected chi connectivity index (χ0v) is 13.0. The van der Waals surface area contributed by atoms with Crippen LogP contribution < -0.4 is 0 Å². The van der Waals surface area contributed by atoms with E-state index in [0.717, 1.165) is 12.8 Å². The van der Waals surface area contributed by atoms with Gasteiger partial charge in [0.1, 0.15) is 6.61 Å². The number of nitrogens with zero attached hydrogens (tertiary/aromatic N) is 1. The van der Waals surface area contributed by atoms with Crippen molar-refractivity contribution < 1.29 is 26.8 Å². The van der Waals surface area contributed by atoms with Gasteiger partial charge in [0.25, 0.3) is 0 Å². The van der Waals surface area contributed by atoms with Crippen LogP contribution in [-0.4, -0.2) is 17.7 Å². The second kappa shape index (κ2) is 8.97. The largest absolute Gasteiger partial charge is 0.391 e. The maximum absolute atomic E-state index is 13.3. The maximum Gasteiger partial charge on any atom is 0.200 e. The van der Waals surface area contributed by atoms with Gasteiger partial charge in [-0.2, -0.15) is 11.8 Å². The Kier molecular flexibility index (Phi) is 7.64. The van der Waals surface area contributed by atoms with Crippen LogP contribution in [0, 0.1) is 29.1 Å². The molecule has 0 amide bonds. The molecule has 2 nitrogen and oxygen atoms in total. The van der Waals surface area contributed by atoms with Crippen molar-refractivity contribution in [3.05, 3.63) is 34.6 Å². The average Bonchev–Trinajstić information content (AvgIpc) is 2.52. The van der Waals surface area contributed by atoms with E-state index in [4.69, 9.17) is 0 Å². The van der Waals surface area contributed by atoms with Gasteiger partial charge in [0.15, 0.2) is 23.3 Å². The number of hydrogen-bond donors (Lipinski definition) is 0. The van der Waals surface area contributed by atoms with Gasteiger partial charge in [0.2, 0.25) is 5.82 Å². The lowest BCUT2D eigenvalue weighted by Crippen LogP contribution is -2.08. The van der Waals surface area contributed by atoms with E-state index in [9.17, 15) is 22.0 Å². The molecule has 0 aliphatic carbocycles. The van der Waals surface area contributed by atoms with Gasteiger partial charge in [0, 0.05) is 11.5 Å². The fourth-order valence-electron chi connectivity index (χ4n) is 1.75. The third-order valence-electron chi connectivity index (χ3n) is 2.97.